The summed E-state index contributed by atoms with van der Waals surface area (Å²) in [7, 11) is 1.33. The third-order valence-electron chi connectivity index (χ3n) is 2.53. The van der Waals surface area contributed by atoms with Crippen molar-refractivity contribution in [1.29, 1.82) is 0 Å². The zero-order chi connectivity index (χ0) is 15.5. The van der Waals surface area contributed by atoms with Crippen LogP contribution < -0.4 is 10.6 Å². The Morgan fingerprint density at radius 1 is 1.25 bits per heavy atom. The summed E-state index contributed by atoms with van der Waals surface area (Å²) in [5.74, 6) is -2.74. The van der Waals surface area contributed by atoms with Gasteiger partial charge in [-0.2, -0.15) is 13.2 Å². The Bertz CT molecular complexity index is 529. The molecule has 1 aromatic carbocycles. The highest BCUT2D eigenvalue weighted by Gasteiger charge is 2.32. The number of halogens is 4. The average Bonchev–Trinajstić information content (AvgIpc) is 2.36. The molecule has 20 heavy (non-hydrogen) atoms. The van der Waals surface area contributed by atoms with Crippen LogP contribution in [0.3, 0.4) is 0 Å². The van der Waals surface area contributed by atoms with Crippen LogP contribution in [-0.2, 0) is 11.0 Å². The fourth-order valence-electron chi connectivity index (χ4n) is 1.43. The molecule has 0 aliphatic rings. The topological polar surface area (TPSA) is 58.2 Å². The fraction of sp³-hybridized carbons (Fsp3) is 0.333. The highest BCUT2D eigenvalue weighted by molar-refractivity contribution is 5.97. The zero-order valence-electron chi connectivity index (χ0n) is 10.6. The van der Waals surface area contributed by atoms with E-state index in [1.807, 2.05) is 0 Å². The molecule has 0 heterocycles. The Balaban J connectivity index is 3.01. The van der Waals surface area contributed by atoms with Gasteiger partial charge >= 0.3 is 6.18 Å². The van der Waals surface area contributed by atoms with E-state index < -0.39 is 41.0 Å². The summed E-state index contributed by atoms with van der Waals surface area (Å²) in [5, 5.41) is 4.35. The molecular formula is C12H12F4N2O2. The monoisotopic (exact) mass is 292 g/mol. The number of hydrogen-bond acceptors (Lipinski definition) is 2. The summed E-state index contributed by atoms with van der Waals surface area (Å²) in [4.78, 5) is 22.9. The molecule has 2 amide bonds. The summed E-state index contributed by atoms with van der Waals surface area (Å²) in [6.45, 7) is 1.32. The first kappa shape index (κ1) is 15.9. The summed E-state index contributed by atoms with van der Waals surface area (Å²) >= 11 is 0. The lowest BCUT2D eigenvalue weighted by Gasteiger charge is -2.14. The van der Waals surface area contributed by atoms with Gasteiger partial charge in [0.15, 0.2) is 0 Å². The van der Waals surface area contributed by atoms with Crippen molar-refractivity contribution in [2.24, 2.45) is 0 Å². The van der Waals surface area contributed by atoms with E-state index in [0.29, 0.717) is 18.2 Å². The molecule has 0 fully saturated rings. The first-order valence-corrected chi connectivity index (χ1v) is 5.56. The van der Waals surface area contributed by atoms with E-state index >= 15 is 0 Å². The average molecular weight is 292 g/mol. The predicted octanol–water partition coefficient (Wildman–Crippen LogP) is 1.71. The second kappa shape index (κ2) is 5.89. The molecule has 1 aromatic rings. The summed E-state index contributed by atoms with van der Waals surface area (Å²) in [6, 6.07) is 0.499. The largest absolute Gasteiger partial charge is 0.416 e. The van der Waals surface area contributed by atoms with Crippen molar-refractivity contribution in [3.8, 4) is 0 Å². The maximum absolute atomic E-state index is 13.4. The first-order chi connectivity index (χ1) is 9.16. The number of likely N-dealkylation sites (N-methyl/N-ethyl adjacent to an activating group) is 1. The molecule has 0 saturated carbocycles. The van der Waals surface area contributed by atoms with Gasteiger partial charge in [0, 0.05) is 7.05 Å². The highest BCUT2D eigenvalue weighted by atomic mass is 19.4. The fourth-order valence-corrected chi connectivity index (χ4v) is 1.43. The molecule has 0 saturated heterocycles. The Labute approximate surface area is 112 Å². The van der Waals surface area contributed by atoms with Crippen LogP contribution in [0.25, 0.3) is 0 Å². The van der Waals surface area contributed by atoms with Crippen molar-refractivity contribution in [3.05, 3.63) is 35.1 Å². The third kappa shape index (κ3) is 3.69. The second-order valence-electron chi connectivity index (χ2n) is 4.00. The number of amides is 2. The molecule has 0 radical (unpaired) electrons. The van der Waals surface area contributed by atoms with E-state index in [2.05, 4.69) is 10.6 Å². The molecule has 8 heteroatoms. The summed E-state index contributed by atoms with van der Waals surface area (Å²) < 4.78 is 50.9. The number of benzene rings is 1. The van der Waals surface area contributed by atoms with Crippen LogP contribution in [0.2, 0.25) is 0 Å². The van der Waals surface area contributed by atoms with Crippen molar-refractivity contribution in [1.82, 2.24) is 10.6 Å². The smallest absolute Gasteiger partial charge is 0.357 e. The van der Waals surface area contributed by atoms with Crippen LogP contribution in [0.1, 0.15) is 22.8 Å². The minimum absolute atomic E-state index is 0.404. The van der Waals surface area contributed by atoms with Crippen LogP contribution in [-0.4, -0.2) is 24.9 Å². The molecule has 4 nitrogen and oxygen atoms in total. The molecule has 1 rings (SSSR count). The van der Waals surface area contributed by atoms with Crippen molar-refractivity contribution < 1.29 is 27.2 Å². The number of carbonyl (C=O) groups is 2. The van der Waals surface area contributed by atoms with Crippen molar-refractivity contribution in [3.63, 3.8) is 0 Å². The zero-order valence-corrected chi connectivity index (χ0v) is 10.6. The van der Waals surface area contributed by atoms with Gasteiger partial charge in [0.05, 0.1) is 11.1 Å². The molecular weight excluding hydrogens is 280 g/mol. The predicted molar refractivity (Wildman–Crippen MR) is 62.4 cm³/mol. The Morgan fingerprint density at radius 3 is 2.35 bits per heavy atom. The summed E-state index contributed by atoms with van der Waals surface area (Å²) in [6.07, 6.45) is -4.69. The molecule has 0 aliphatic heterocycles. The van der Waals surface area contributed by atoms with Gasteiger partial charge in [-0.15, -0.1) is 0 Å². The third-order valence-corrected chi connectivity index (χ3v) is 2.53. The van der Waals surface area contributed by atoms with E-state index in [1.54, 1.807) is 0 Å². The van der Waals surface area contributed by atoms with Gasteiger partial charge in [0.1, 0.15) is 11.9 Å². The maximum atomic E-state index is 13.4. The Morgan fingerprint density at radius 2 is 1.85 bits per heavy atom. The normalized spacial score (nSPS) is 12.7. The van der Waals surface area contributed by atoms with Crippen LogP contribution in [0, 0.1) is 5.82 Å². The highest BCUT2D eigenvalue weighted by Crippen LogP contribution is 2.30. The Hall–Kier alpha value is -2.12. The van der Waals surface area contributed by atoms with Gasteiger partial charge in [-0.25, -0.2) is 4.39 Å². The molecule has 0 aliphatic carbocycles. The van der Waals surface area contributed by atoms with Gasteiger partial charge in [0.2, 0.25) is 5.91 Å². The minimum Gasteiger partial charge on any atom is -0.357 e. The number of alkyl halides is 3. The van der Waals surface area contributed by atoms with Crippen LogP contribution >= 0.6 is 0 Å². The lowest BCUT2D eigenvalue weighted by Crippen LogP contribution is -2.43. The van der Waals surface area contributed by atoms with Crippen molar-refractivity contribution in [2.75, 3.05) is 7.05 Å². The quantitative estimate of drug-likeness (QED) is 0.833. The van der Waals surface area contributed by atoms with Crippen LogP contribution in [0.5, 0.6) is 0 Å². The van der Waals surface area contributed by atoms with Gasteiger partial charge in [-0.1, -0.05) is 0 Å². The molecule has 0 spiro atoms. The van der Waals surface area contributed by atoms with E-state index in [0.717, 1.165) is 0 Å². The van der Waals surface area contributed by atoms with Gasteiger partial charge < -0.3 is 10.6 Å². The minimum atomic E-state index is -4.69. The molecule has 1 unspecified atom stereocenters. The van der Waals surface area contributed by atoms with E-state index in [-0.39, 0.29) is 0 Å². The van der Waals surface area contributed by atoms with Gasteiger partial charge in [-0.05, 0) is 25.1 Å². The first-order valence-electron chi connectivity index (χ1n) is 5.56. The number of rotatable bonds is 3. The number of hydrogen-bond donors (Lipinski definition) is 2. The van der Waals surface area contributed by atoms with Gasteiger partial charge in [-0.3, -0.25) is 9.59 Å². The lowest BCUT2D eigenvalue weighted by molar-refractivity contribution is -0.137. The van der Waals surface area contributed by atoms with E-state index in [9.17, 15) is 27.2 Å². The maximum Gasteiger partial charge on any atom is 0.416 e. The SMILES string of the molecule is CNC(=O)C(C)NC(=O)c1cc(C(F)(F)F)ccc1F. The van der Waals surface area contributed by atoms with Crippen molar-refractivity contribution >= 4 is 11.8 Å². The van der Waals surface area contributed by atoms with Crippen LogP contribution in [0.15, 0.2) is 18.2 Å². The van der Waals surface area contributed by atoms with E-state index in [4.69, 9.17) is 0 Å². The second-order valence-corrected chi connectivity index (χ2v) is 4.00. The summed E-state index contributed by atoms with van der Waals surface area (Å²) in [5.41, 5.74) is -1.91. The lowest BCUT2D eigenvalue weighted by atomic mass is 10.1. The number of carbonyl (C=O) groups excluding carboxylic acids is 2. The molecule has 2 N–H and O–H groups in total. The Kier molecular flexibility index (Phi) is 4.69. The van der Waals surface area contributed by atoms with E-state index in [1.165, 1.54) is 14.0 Å². The molecule has 110 valence electrons. The van der Waals surface area contributed by atoms with Crippen molar-refractivity contribution in [2.45, 2.75) is 19.1 Å². The number of nitrogens with one attached hydrogen (secondary N) is 2. The van der Waals surface area contributed by atoms with Crippen LogP contribution in [0.4, 0.5) is 17.6 Å². The standard InChI is InChI=1S/C12H12F4N2O2/c1-6(10(19)17-2)18-11(20)8-5-7(12(14,15)16)3-4-9(8)13/h3-6H,1-2H3,(H,17,19)(H,18,20). The molecule has 0 bridgehead atoms. The molecule has 1 atom stereocenters. The molecule has 0 aromatic heterocycles. The van der Waals surface area contributed by atoms with Gasteiger partial charge in [0.25, 0.3) is 5.91 Å².